The minimum Gasteiger partial charge on any atom is -0.494 e. The van der Waals surface area contributed by atoms with E-state index in [9.17, 15) is 9.59 Å². The summed E-state index contributed by atoms with van der Waals surface area (Å²) in [4.78, 5) is 24.8. The van der Waals surface area contributed by atoms with E-state index in [-0.39, 0.29) is 16.9 Å². The van der Waals surface area contributed by atoms with Crippen molar-refractivity contribution in [2.75, 3.05) is 18.5 Å². The molecule has 166 valence electrons. The first-order valence-corrected chi connectivity index (χ1v) is 11.0. The van der Waals surface area contributed by atoms with Crippen molar-refractivity contribution in [2.24, 2.45) is 5.92 Å². The van der Waals surface area contributed by atoms with E-state index in [2.05, 4.69) is 36.7 Å². The largest absolute Gasteiger partial charge is 0.494 e. The van der Waals surface area contributed by atoms with Gasteiger partial charge < -0.3 is 15.4 Å². The van der Waals surface area contributed by atoms with Crippen LogP contribution in [0, 0.1) is 5.92 Å². The van der Waals surface area contributed by atoms with Crippen LogP contribution in [-0.4, -0.2) is 30.1 Å². The third-order valence-electron chi connectivity index (χ3n) is 4.49. The first kappa shape index (κ1) is 24.3. The number of ether oxygens (including phenoxy) is 1. The zero-order valence-electron chi connectivity index (χ0n) is 18.4. The van der Waals surface area contributed by atoms with Crippen LogP contribution in [0.25, 0.3) is 0 Å². The summed E-state index contributed by atoms with van der Waals surface area (Å²) in [5.41, 5.74) is 1.61. The highest BCUT2D eigenvalue weighted by molar-refractivity contribution is 7.80. The van der Waals surface area contributed by atoms with Crippen LogP contribution in [-0.2, 0) is 0 Å². The van der Waals surface area contributed by atoms with Crippen LogP contribution in [0.4, 0.5) is 5.69 Å². The van der Waals surface area contributed by atoms with Gasteiger partial charge in [-0.25, -0.2) is 0 Å². The summed E-state index contributed by atoms with van der Waals surface area (Å²) in [5, 5.41) is 8.65. The summed E-state index contributed by atoms with van der Waals surface area (Å²) in [6.45, 7) is 7.58. The Labute approximate surface area is 189 Å². The molecular formula is C24H31N3O3S. The number of carbonyl (C=O) groups is 2. The number of benzene rings is 2. The molecule has 7 heteroatoms. The fourth-order valence-corrected chi connectivity index (χ4v) is 2.91. The van der Waals surface area contributed by atoms with Crippen LogP contribution in [0.1, 0.15) is 60.7 Å². The van der Waals surface area contributed by atoms with Crippen LogP contribution in [0.3, 0.4) is 0 Å². The van der Waals surface area contributed by atoms with Crippen LogP contribution in [0.5, 0.6) is 5.75 Å². The Balaban J connectivity index is 1.91. The maximum absolute atomic E-state index is 12.5. The summed E-state index contributed by atoms with van der Waals surface area (Å²) in [5.74, 6) is 0.728. The van der Waals surface area contributed by atoms with E-state index in [1.54, 1.807) is 42.5 Å². The lowest BCUT2D eigenvalue weighted by molar-refractivity contribution is 0.0950. The van der Waals surface area contributed by atoms with Gasteiger partial charge in [0.05, 0.1) is 6.61 Å². The standard InChI is InChI=1S/C24H31N3O3S/c1-4-5-13-25-22(28)18-8-6-10-20(15-18)26-24(31)27-23(29)19-9-7-11-21(16-19)30-14-12-17(2)3/h6-11,15-17H,4-5,12-14H2,1-3H3,(H,25,28)(H2,26,27,29,31). The average molecular weight is 442 g/mol. The fraction of sp³-hybridized carbons (Fsp3) is 0.375. The summed E-state index contributed by atoms with van der Waals surface area (Å²) >= 11 is 5.26. The minimum atomic E-state index is -0.333. The van der Waals surface area contributed by atoms with E-state index in [1.165, 1.54) is 0 Å². The minimum absolute atomic E-state index is 0.138. The maximum Gasteiger partial charge on any atom is 0.257 e. The van der Waals surface area contributed by atoms with Crippen molar-refractivity contribution < 1.29 is 14.3 Å². The molecule has 0 aromatic heterocycles. The van der Waals surface area contributed by atoms with Gasteiger partial charge in [-0.3, -0.25) is 14.9 Å². The molecule has 31 heavy (non-hydrogen) atoms. The second-order valence-corrected chi connectivity index (χ2v) is 8.07. The van der Waals surface area contributed by atoms with E-state index < -0.39 is 0 Å². The second kappa shape index (κ2) is 12.7. The number of rotatable bonds is 10. The van der Waals surface area contributed by atoms with E-state index in [0.29, 0.717) is 41.6 Å². The SMILES string of the molecule is CCCCNC(=O)c1cccc(NC(=S)NC(=O)c2cccc(OCCC(C)C)c2)c1. The molecule has 0 unspecified atom stereocenters. The Morgan fingerprint density at radius 1 is 1.03 bits per heavy atom. The van der Waals surface area contributed by atoms with Gasteiger partial charge in [-0.2, -0.15) is 0 Å². The Morgan fingerprint density at radius 3 is 2.45 bits per heavy atom. The molecule has 0 radical (unpaired) electrons. The summed E-state index contributed by atoms with van der Waals surface area (Å²) in [6, 6.07) is 14.0. The van der Waals surface area contributed by atoms with E-state index in [4.69, 9.17) is 17.0 Å². The molecule has 0 saturated carbocycles. The van der Waals surface area contributed by atoms with Crippen molar-refractivity contribution in [1.29, 1.82) is 0 Å². The van der Waals surface area contributed by atoms with E-state index in [1.807, 2.05) is 6.07 Å². The van der Waals surface area contributed by atoms with Crippen molar-refractivity contribution in [1.82, 2.24) is 10.6 Å². The van der Waals surface area contributed by atoms with Crippen molar-refractivity contribution in [3.63, 3.8) is 0 Å². The average Bonchev–Trinajstić information content (AvgIpc) is 2.74. The predicted molar refractivity (Wildman–Crippen MR) is 129 cm³/mol. The molecule has 6 nitrogen and oxygen atoms in total. The number of nitrogens with one attached hydrogen (secondary N) is 3. The number of carbonyl (C=O) groups excluding carboxylic acids is 2. The molecule has 2 aromatic rings. The number of hydrogen-bond acceptors (Lipinski definition) is 4. The third kappa shape index (κ3) is 8.76. The lowest BCUT2D eigenvalue weighted by Gasteiger charge is -2.12. The number of anilines is 1. The summed E-state index contributed by atoms with van der Waals surface area (Å²) < 4.78 is 5.71. The Hall–Kier alpha value is -2.93. The molecule has 0 spiro atoms. The molecule has 0 fully saturated rings. The first-order valence-electron chi connectivity index (χ1n) is 10.6. The molecule has 2 rings (SSSR count). The summed E-state index contributed by atoms with van der Waals surface area (Å²) in [6.07, 6.45) is 2.90. The summed E-state index contributed by atoms with van der Waals surface area (Å²) in [7, 11) is 0. The molecule has 0 aliphatic rings. The second-order valence-electron chi connectivity index (χ2n) is 7.66. The zero-order chi connectivity index (χ0) is 22.6. The highest BCUT2D eigenvalue weighted by atomic mass is 32.1. The van der Waals surface area contributed by atoms with Gasteiger partial charge in [0.25, 0.3) is 11.8 Å². The van der Waals surface area contributed by atoms with Crippen LogP contribution in [0.15, 0.2) is 48.5 Å². The third-order valence-corrected chi connectivity index (χ3v) is 4.69. The van der Waals surface area contributed by atoms with Crippen molar-refractivity contribution >= 4 is 34.8 Å². The van der Waals surface area contributed by atoms with Crippen molar-refractivity contribution in [3.8, 4) is 5.75 Å². The van der Waals surface area contributed by atoms with E-state index in [0.717, 1.165) is 19.3 Å². The van der Waals surface area contributed by atoms with Crippen LogP contribution in [0.2, 0.25) is 0 Å². The van der Waals surface area contributed by atoms with Gasteiger partial charge in [0.2, 0.25) is 0 Å². The highest BCUT2D eigenvalue weighted by Crippen LogP contribution is 2.15. The molecule has 2 aromatic carbocycles. The van der Waals surface area contributed by atoms with E-state index >= 15 is 0 Å². The molecule has 0 atom stereocenters. The molecule has 2 amide bonds. The Morgan fingerprint density at radius 2 is 1.74 bits per heavy atom. The molecule has 0 aliphatic heterocycles. The van der Waals surface area contributed by atoms with Gasteiger partial charge >= 0.3 is 0 Å². The first-order chi connectivity index (χ1) is 14.9. The molecule has 3 N–H and O–H groups in total. The lowest BCUT2D eigenvalue weighted by atomic mass is 10.1. The smallest absolute Gasteiger partial charge is 0.257 e. The van der Waals surface area contributed by atoms with Gasteiger partial charge in [0.1, 0.15) is 5.75 Å². The number of hydrogen-bond donors (Lipinski definition) is 3. The normalized spacial score (nSPS) is 10.5. The van der Waals surface area contributed by atoms with Crippen molar-refractivity contribution in [3.05, 3.63) is 59.7 Å². The fourth-order valence-electron chi connectivity index (χ4n) is 2.70. The van der Waals surface area contributed by atoms with Gasteiger partial charge in [-0.1, -0.05) is 39.3 Å². The van der Waals surface area contributed by atoms with Gasteiger partial charge in [-0.05, 0) is 67.4 Å². The lowest BCUT2D eigenvalue weighted by Crippen LogP contribution is -2.34. The topological polar surface area (TPSA) is 79.5 Å². The van der Waals surface area contributed by atoms with Crippen LogP contribution >= 0.6 is 12.2 Å². The zero-order valence-corrected chi connectivity index (χ0v) is 19.2. The number of thiocarbonyl (C=S) groups is 1. The monoisotopic (exact) mass is 441 g/mol. The highest BCUT2D eigenvalue weighted by Gasteiger charge is 2.11. The van der Waals surface area contributed by atoms with Gasteiger partial charge in [0, 0.05) is 23.4 Å². The molecule has 0 bridgehead atoms. The number of unbranched alkanes of at least 4 members (excludes halogenated alkanes) is 1. The molecule has 0 aliphatic carbocycles. The van der Waals surface area contributed by atoms with Gasteiger partial charge in [0.15, 0.2) is 5.11 Å². The predicted octanol–water partition coefficient (Wildman–Crippen LogP) is 4.77. The van der Waals surface area contributed by atoms with Crippen LogP contribution < -0.4 is 20.7 Å². The maximum atomic E-state index is 12.5. The van der Waals surface area contributed by atoms with Gasteiger partial charge in [-0.15, -0.1) is 0 Å². The van der Waals surface area contributed by atoms with Crippen molar-refractivity contribution in [2.45, 2.75) is 40.0 Å². The molecule has 0 saturated heterocycles. The Bertz CT molecular complexity index is 899. The molecular weight excluding hydrogens is 410 g/mol. The Kier molecular flexibility index (Phi) is 9.97. The quantitative estimate of drug-likeness (QED) is 0.366. The number of amides is 2. The molecule has 0 heterocycles.